The lowest BCUT2D eigenvalue weighted by molar-refractivity contribution is -0.268. The first-order valence-electron chi connectivity index (χ1n) is 8.18. The van der Waals surface area contributed by atoms with Crippen LogP contribution in [0.4, 0.5) is 0 Å². The Morgan fingerprint density at radius 3 is 2.46 bits per heavy atom. The van der Waals surface area contributed by atoms with E-state index < -0.39 is 36.7 Å². The third-order valence-electron chi connectivity index (χ3n) is 4.02. The molecule has 1 aromatic rings. The Kier molecular flexibility index (Phi) is 6.79. The molecule has 2 rings (SSSR count). The molecule has 1 aliphatic heterocycles. The predicted molar refractivity (Wildman–Crippen MR) is 88.3 cm³/mol. The van der Waals surface area contributed by atoms with Crippen LogP contribution < -0.4 is 9.47 Å². The standard InChI is InChI=1S/C17H24O9/c1-4-24-11-6-9(16(21)22)5-10(7-23-3)15(11)26-17-14(20)13(19)12(18)8(2)25-17/h5-6,8,12-14,17-20H,4,7H2,1-3H3,(H,21,22)/t8-,12-,13+,14+,17-/m0/s1. The summed E-state index contributed by atoms with van der Waals surface area (Å²) in [5.74, 6) is -0.863. The summed E-state index contributed by atoms with van der Waals surface area (Å²) in [4.78, 5) is 11.3. The molecule has 5 atom stereocenters. The Morgan fingerprint density at radius 2 is 1.88 bits per heavy atom. The summed E-state index contributed by atoms with van der Waals surface area (Å²) in [5, 5.41) is 39.1. The van der Waals surface area contributed by atoms with Crippen molar-refractivity contribution in [2.24, 2.45) is 0 Å². The Labute approximate surface area is 150 Å². The Bertz CT molecular complexity index is 606. The highest BCUT2D eigenvalue weighted by Gasteiger charge is 2.43. The van der Waals surface area contributed by atoms with Crippen LogP contribution in [-0.2, 0) is 16.1 Å². The van der Waals surface area contributed by atoms with Crippen molar-refractivity contribution in [3.05, 3.63) is 23.3 Å². The number of carboxylic acids is 1. The van der Waals surface area contributed by atoms with Crippen molar-refractivity contribution in [2.45, 2.75) is 51.2 Å². The van der Waals surface area contributed by atoms with Gasteiger partial charge in [0.15, 0.2) is 11.5 Å². The third-order valence-corrected chi connectivity index (χ3v) is 4.02. The van der Waals surface area contributed by atoms with Crippen LogP contribution in [-0.4, -0.2) is 70.8 Å². The Balaban J connectivity index is 2.41. The van der Waals surface area contributed by atoms with Gasteiger partial charge < -0.3 is 39.4 Å². The second-order valence-electron chi connectivity index (χ2n) is 5.93. The molecular weight excluding hydrogens is 348 g/mol. The summed E-state index contributed by atoms with van der Waals surface area (Å²) in [5.41, 5.74) is 0.363. The minimum atomic E-state index is -1.51. The van der Waals surface area contributed by atoms with Crippen LogP contribution >= 0.6 is 0 Å². The second-order valence-corrected chi connectivity index (χ2v) is 5.93. The van der Waals surface area contributed by atoms with Crippen LogP contribution in [0, 0.1) is 0 Å². The number of aliphatic hydroxyl groups is 3. The van der Waals surface area contributed by atoms with E-state index in [0.717, 1.165) is 0 Å². The number of aromatic carboxylic acids is 1. The molecule has 0 aromatic heterocycles. The highest BCUT2D eigenvalue weighted by Crippen LogP contribution is 2.36. The average Bonchev–Trinajstić information content (AvgIpc) is 2.60. The fourth-order valence-corrected chi connectivity index (χ4v) is 2.67. The van der Waals surface area contributed by atoms with Crippen LogP contribution in [0.5, 0.6) is 11.5 Å². The van der Waals surface area contributed by atoms with Gasteiger partial charge in [-0.05, 0) is 26.0 Å². The van der Waals surface area contributed by atoms with Crippen molar-refractivity contribution < 1.29 is 44.2 Å². The SMILES string of the molecule is CCOc1cc(C(=O)O)cc(COC)c1O[C@@H]1O[C@@H](C)[C@H](O)[C@@H](O)[C@H]1O. The van der Waals surface area contributed by atoms with E-state index in [2.05, 4.69) is 0 Å². The fraction of sp³-hybridized carbons (Fsp3) is 0.588. The third kappa shape index (κ3) is 4.25. The number of benzene rings is 1. The van der Waals surface area contributed by atoms with E-state index >= 15 is 0 Å². The van der Waals surface area contributed by atoms with Crippen molar-refractivity contribution in [3.63, 3.8) is 0 Å². The van der Waals surface area contributed by atoms with Gasteiger partial charge in [-0.1, -0.05) is 0 Å². The maximum Gasteiger partial charge on any atom is 0.335 e. The molecule has 0 spiro atoms. The summed E-state index contributed by atoms with van der Waals surface area (Å²) < 4.78 is 21.7. The van der Waals surface area contributed by atoms with E-state index in [0.29, 0.717) is 5.56 Å². The van der Waals surface area contributed by atoms with E-state index in [1.165, 1.54) is 26.2 Å². The van der Waals surface area contributed by atoms with Gasteiger partial charge in [-0.3, -0.25) is 0 Å². The molecule has 1 fully saturated rings. The summed E-state index contributed by atoms with van der Waals surface area (Å²) in [6.07, 6.45) is -6.29. The number of hydrogen-bond donors (Lipinski definition) is 4. The zero-order valence-corrected chi connectivity index (χ0v) is 14.8. The topological polar surface area (TPSA) is 135 Å². The largest absolute Gasteiger partial charge is 0.490 e. The van der Waals surface area contributed by atoms with Crippen LogP contribution in [0.15, 0.2) is 12.1 Å². The molecular formula is C17H24O9. The smallest absolute Gasteiger partial charge is 0.335 e. The van der Waals surface area contributed by atoms with Gasteiger partial charge in [-0.25, -0.2) is 4.79 Å². The lowest BCUT2D eigenvalue weighted by atomic mass is 10.00. The lowest BCUT2D eigenvalue weighted by Crippen LogP contribution is -2.58. The summed E-state index contributed by atoms with van der Waals surface area (Å²) in [6.45, 7) is 3.53. The van der Waals surface area contributed by atoms with E-state index in [1.807, 2.05) is 0 Å². The summed E-state index contributed by atoms with van der Waals surface area (Å²) >= 11 is 0. The minimum Gasteiger partial charge on any atom is -0.490 e. The predicted octanol–water partition coefficient (Wildman–Crippen LogP) is 0.136. The molecule has 9 nitrogen and oxygen atoms in total. The number of hydrogen-bond acceptors (Lipinski definition) is 8. The molecule has 0 aliphatic carbocycles. The minimum absolute atomic E-state index is 0.0122. The zero-order chi connectivity index (χ0) is 19.4. The van der Waals surface area contributed by atoms with Crippen molar-refractivity contribution >= 4 is 5.97 Å². The second kappa shape index (κ2) is 8.65. The summed E-state index contributed by atoms with van der Waals surface area (Å²) in [6, 6.07) is 2.66. The Morgan fingerprint density at radius 1 is 1.19 bits per heavy atom. The highest BCUT2D eigenvalue weighted by atomic mass is 16.7. The quantitative estimate of drug-likeness (QED) is 0.527. The molecule has 0 unspecified atom stereocenters. The first kappa shape index (κ1) is 20.4. The van der Waals surface area contributed by atoms with Crippen LogP contribution in [0.25, 0.3) is 0 Å². The molecule has 0 saturated carbocycles. The van der Waals surface area contributed by atoms with Gasteiger partial charge in [0.25, 0.3) is 0 Å². The van der Waals surface area contributed by atoms with E-state index in [9.17, 15) is 25.2 Å². The fourth-order valence-electron chi connectivity index (χ4n) is 2.67. The van der Waals surface area contributed by atoms with Gasteiger partial charge in [-0.15, -0.1) is 0 Å². The molecule has 9 heteroatoms. The first-order valence-corrected chi connectivity index (χ1v) is 8.18. The van der Waals surface area contributed by atoms with Gasteiger partial charge in [0, 0.05) is 12.7 Å². The maximum atomic E-state index is 11.3. The number of aliphatic hydroxyl groups excluding tert-OH is 3. The Hall–Kier alpha value is -1.91. The highest BCUT2D eigenvalue weighted by molar-refractivity contribution is 5.89. The molecule has 0 bridgehead atoms. The molecule has 1 aliphatic rings. The monoisotopic (exact) mass is 372 g/mol. The van der Waals surface area contributed by atoms with Crippen molar-refractivity contribution in [1.29, 1.82) is 0 Å². The normalized spacial score (nSPS) is 28.6. The number of rotatable bonds is 7. The molecule has 1 saturated heterocycles. The molecule has 0 amide bonds. The van der Waals surface area contributed by atoms with Crippen LogP contribution in [0.1, 0.15) is 29.8 Å². The van der Waals surface area contributed by atoms with Gasteiger partial charge in [-0.2, -0.15) is 0 Å². The first-order chi connectivity index (χ1) is 12.3. The van der Waals surface area contributed by atoms with Crippen LogP contribution in [0.3, 0.4) is 0 Å². The van der Waals surface area contributed by atoms with Crippen molar-refractivity contribution in [1.82, 2.24) is 0 Å². The molecule has 4 N–H and O–H groups in total. The zero-order valence-electron chi connectivity index (χ0n) is 14.8. The number of carbonyl (C=O) groups is 1. The van der Waals surface area contributed by atoms with E-state index in [4.69, 9.17) is 18.9 Å². The van der Waals surface area contributed by atoms with Crippen molar-refractivity contribution in [3.8, 4) is 11.5 Å². The number of ether oxygens (including phenoxy) is 4. The van der Waals surface area contributed by atoms with E-state index in [-0.39, 0.29) is 30.3 Å². The van der Waals surface area contributed by atoms with E-state index in [1.54, 1.807) is 6.92 Å². The van der Waals surface area contributed by atoms with Gasteiger partial charge in [0.2, 0.25) is 6.29 Å². The summed E-state index contributed by atoms with van der Waals surface area (Å²) in [7, 11) is 1.44. The van der Waals surface area contributed by atoms with Gasteiger partial charge in [0.1, 0.15) is 18.3 Å². The average molecular weight is 372 g/mol. The molecule has 1 aromatic carbocycles. The molecule has 146 valence electrons. The lowest BCUT2D eigenvalue weighted by Gasteiger charge is -2.39. The van der Waals surface area contributed by atoms with Crippen LogP contribution in [0.2, 0.25) is 0 Å². The van der Waals surface area contributed by atoms with Crippen molar-refractivity contribution in [2.75, 3.05) is 13.7 Å². The molecule has 0 radical (unpaired) electrons. The maximum absolute atomic E-state index is 11.3. The molecule has 26 heavy (non-hydrogen) atoms. The number of methoxy groups -OCH3 is 1. The van der Waals surface area contributed by atoms with Gasteiger partial charge in [0.05, 0.1) is 24.9 Å². The number of carboxylic acid groups (broad SMARTS) is 1. The molecule has 1 heterocycles. The van der Waals surface area contributed by atoms with Gasteiger partial charge >= 0.3 is 5.97 Å².